The van der Waals surface area contributed by atoms with Crippen molar-refractivity contribution in [3.8, 4) is 0 Å². The van der Waals surface area contributed by atoms with E-state index in [9.17, 15) is 9.90 Å². The van der Waals surface area contributed by atoms with Crippen molar-refractivity contribution in [2.45, 2.75) is 38.5 Å². The predicted octanol–water partition coefficient (Wildman–Crippen LogP) is 4.69. The fraction of sp³-hybridized carbons (Fsp3) is 0.444. The van der Waals surface area contributed by atoms with Crippen LogP contribution in [0.2, 0.25) is 0 Å². The van der Waals surface area contributed by atoms with Crippen molar-refractivity contribution >= 4 is 33.8 Å². The van der Waals surface area contributed by atoms with Gasteiger partial charge in [0, 0.05) is 30.4 Å². The molecule has 0 fully saturated rings. The van der Waals surface area contributed by atoms with Crippen molar-refractivity contribution in [1.82, 2.24) is 4.98 Å². The molecule has 4 rings (SSSR count). The lowest BCUT2D eigenvalue weighted by Gasteiger charge is -2.44. The predicted molar refractivity (Wildman–Crippen MR) is 97.9 cm³/mol. The highest BCUT2D eigenvalue weighted by atomic mass is 32.1. The average molecular weight is 356 g/mol. The Hall–Kier alpha value is -2.28. The molecule has 3 heterocycles. The molecule has 1 N–H and O–H groups in total. The van der Waals surface area contributed by atoms with E-state index in [4.69, 9.17) is 0 Å². The van der Waals surface area contributed by atoms with Crippen LogP contribution in [0.1, 0.15) is 48.2 Å². The van der Waals surface area contributed by atoms with E-state index in [2.05, 4.69) is 34.0 Å². The largest absolute Gasteiger partial charge is 0.478 e. The minimum absolute atomic E-state index is 0.000405. The minimum atomic E-state index is -0.934. The highest BCUT2D eigenvalue weighted by Crippen LogP contribution is 2.48. The summed E-state index contributed by atoms with van der Waals surface area (Å²) in [5.74, 6) is -0.934. The number of carboxylic acids is 1. The molecule has 2 aliphatic rings. The molecular formula is C18H20N4O2S. The molecule has 0 saturated heterocycles. The number of anilines is 1. The fourth-order valence-corrected chi connectivity index (χ4v) is 4.30. The summed E-state index contributed by atoms with van der Waals surface area (Å²) in [4.78, 5) is 18.4. The SMILES string of the molecule is CC1(C)CCN2CCCc3c(C(=O)O)c(N=Nc4nccs4)cc1c32. The van der Waals surface area contributed by atoms with E-state index in [0.29, 0.717) is 16.4 Å². The number of azo groups is 1. The van der Waals surface area contributed by atoms with Gasteiger partial charge in [-0.15, -0.1) is 21.6 Å². The van der Waals surface area contributed by atoms with Crippen LogP contribution in [0.3, 0.4) is 0 Å². The number of carboxylic acid groups (broad SMARTS) is 1. The molecule has 2 aromatic rings. The number of hydrogen-bond donors (Lipinski definition) is 1. The Kier molecular flexibility index (Phi) is 3.83. The number of thiazole rings is 1. The van der Waals surface area contributed by atoms with Crippen molar-refractivity contribution in [2.75, 3.05) is 18.0 Å². The first-order valence-electron chi connectivity index (χ1n) is 8.47. The number of rotatable bonds is 3. The van der Waals surface area contributed by atoms with Crippen LogP contribution in [-0.2, 0) is 11.8 Å². The molecule has 0 spiro atoms. The molecular weight excluding hydrogens is 336 g/mol. The number of benzene rings is 1. The first-order valence-corrected chi connectivity index (χ1v) is 9.35. The smallest absolute Gasteiger partial charge is 0.338 e. The van der Waals surface area contributed by atoms with Crippen LogP contribution >= 0.6 is 11.3 Å². The Labute approximate surface area is 150 Å². The maximum absolute atomic E-state index is 12.0. The first-order chi connectivity index (χ1) is 12.0. The molecule has 0 atom stereocenters. The second-order valence-corrected chi connectivity index (χ2v) is 8.06. The summed E-state index contributed by atoms with van der Waals surface area (Å²) in [7, 11) is 0. The quantitative estimate of drug-likeness (QED) is 0.809. The number of aromatic carboxylic acids is 1. The van der Waals surface area contributed by atoms with E-state index in [1.165, 1.54) is 16.9 Å². The van der Waals surface area contributed by atoms with Crippen molar-refractivity contribution in [3.63, 3.8) is 0 Å². The lowest BCUT2D eigenvalue weighted by molar-refractivity contribution is 0.0696. The summed E-state index contributed by atoms with van der Waals surface area (Å²) in [6, 6.07) is 1.93. The van der Waals surface area contributed by atoms with Crippen LogP contribution in [0.5, 0.6) is 0 Å². The monoisotopic (exact) mass is 356 g/mol. The zero-order valence-corrected chi connectivity index (χ0v) is 15.1. The fourth-order valence-electron chi connectivity index (χ4n) is 3.84. The molecule has 2 aliphatic heterocycles. The van der Waals surface area contributed by atoms with E-state index in [-0.39, 0.29) is 5.41 Å². The van der Waals surface area contributed by atoms with E-state index in [1.54, 1.807) is 6.20 Å². The van der Waals surface area contributed by atoms with E-state index < -0.39 is 5.97 Å². The van der Waals surface area contributed by atoms with Gasteiger partial charge in [0.25, 0.3) is 0 Å². The molecule has 25 heavy (non-hydrogen) atoms. The maximum Gasteiger partial charge on any atom is 0.338 e. The molecule has 0 aliphatic carbocycles. The highest BCUT2D eigenvalue weighted by molar-refractivity contribution is 7.13. The van der Waals surface area contributed by atoms with Gasteiger partial charge >= 0.3 is 5.97 Å². The molecule has 1 aromatic heterocycles. The molecule has 7 heteroatoms. The summed E-state index contributed by atoms with van der Waals surface area (Å²) in [6.07, 6.45) is 4.46. The van der Waals surface area contributed by atoms with Crippen LogP contribution in [0.25, 0.3) is 0 Å². The molecule has 6 nitrogen and oxygen atoms in total. The Bertz CT molecular complexity index is 858. The van der Waals surface area contributed by atoms with Gasteiger partial charge < -0.3 is 10.0 Å². The summed E-state index contributed by atoms with van der Waals surface area (Å²) in [6.45, 7) is 6.41. The van der Waals surface area contributed by atoms with E-state index in [0.717, 1.165) is 43.6 Å². The number of aromatic nitrogens is 1. The zero-order valence-electron chi connectivity index (χ0n) is 14.3. The van der Waals surface area contributed by atoms with E-state index >= 15 is 0 Å². The van der Waals surface area contributed by atoms with E-state index in [1.807, 2.05) is 11.4 Å². The topological polar surface area (TPSA) is 78.2 Å². The van der Waals surface area contributed by atoms with Crippen molar-refractivity contribution in [2.24, 2.45) is 10.2 Å². The molecule has 0 radical (unpaired) electrons. The number of carbonyl (C=O) groups is 1. The van der Waals surface area contributed by atoms with Gasteiger partial charge in [-0.25, -0.2) is 9.78 Å². The van der Waals surface area contributed by atoms with Gasteiger partial charge in [0.05, 0.1) is 5.56 Å². The third kappa shape index (κ3) is 2.72. The van der Waals surface area contributed by atoms with Crippen molar-refractivity contribution in [3.05, 3.63) is 34.3 Å². The van der Waals surface area contributed by atoms with Gasteiger partial charge in [0.1, 0.15) is 5.69 Å². The number of nitrogens with zero attached hydrogens (tertiary/aromatic N) is 4. The third-order valence-corrected chi connectivity index (χ3v) is 5.82. The molecule has 0 saturated carbocycles. The lowest BCUT2D eigenvalue weighted by atomic mass is 9.74. The molecule has 0 bridgehead atoms. The van der Waals surface area contributed by atoms with Crippen LogP contribution in [-0.4, -0.2) is 29.1 Å². The van der Waals surface area contributed by atoms with Crippen LogP contribution in [0.15, 0.2) is 27.9 Å². The van der Waals surface area contributed by atoms with Crippen LogP contribution in [0.4, 0.5) is 16.5 Å². The van der Waals surface area contributed by atoms with Gasteiger partial charge in [-0.3, -0.25) is 0 Å². The van der Waals surface area contributed by atoms with Gasteiger partial charge in [-0.1, -0.05) is 13.8 Å². The van der Waals surface area contributed by atoms with Gasteiger partial charge in [0.15, 0.2) is 0 Å². The minimum Gasteiger partial charge on any atom is -0.478 e. The Balaban J connectivity index is 1.94. The first kappa shape index (κ1) is 16.2. The third-order valence-electron chi connectivity index (χ3n) is 5.16. The van der Waals surface area contributed by atoms with Gasteiger partial charge in [-0.05, 0) is 41.9 Å². The highest BCUT2D eigenvalue weighted by Gasteiger charge is 2.37. The Morgan fingerprint density at radius 2 is 2.20 bits per heavy atom. The zero-order chi connectivity index (χ0) is 17.6. The molecule has 130 valence electrons. The summed E-state index contributed by atoms with van der Waals surface area (Å²) >= 11 is 1.38. The molecule has 0 amide bonds. The average Bonchev–Trinajstić information content (AvgIpc) is 3.09. The normalized spacial score (nSPS) is 18.4. The number of hydrogen-bond acceptors (Lipinski definition) is 6. The Morgan fingerprint density at radius 1 is 1.36 bits per heavy atom. The standard InChI is InChI=1S/C18H20N4O2S/c1-18(2)5-8-22-7-3-4-11-14(16(23)24)13(10-12(18)15(11)22)20-21-17-19-6-9-25-17/h6,9-10H,3-5,7-8H2,1-2H3,(H,23,24). The van der Waals surface area contributed by atoms with Crippen molar-refractivity contribution < 1.29 is 9.90 Å². The summed E-state index contributed by atoms with van der Waals surface area (Å²) < 4.78 is 0. The Morgan fingerprint density at radius 3 is 2.92 bits per heavy atom. The van der Waals surface area contributed by atoms with Gasteiger partial charge in [-0.2, -0.15) is 0 Å². The second-order valence-electron chi connectivity index (χ2n) is 7.19. The second kappa shape index (κ2) is 5.91. The van der Waals surface area contributed by atoms with Crippen LogP contribution < -0.4 is 4.90 Å². The van der Waals surface area contributed by atoms with Crippen LogP contribution in [0, 0.1) is 0 Å². The molecule has 0 unspecified atom stereocenters. The lowest BCUT2D eigenvalue weighted by Crippen LogP contribution is -2.41. The van der Waals surface area contributed by atoms with Gasteiger partial charge in [0.2, 0.25) is 5.13 Å². The molecule has 1 aromatic carbocycles. The van der Waals surface area contributed by atoms with Crippen molar-refractivity contribution in [1.29, 1.82) is 0 Å². The maximum atomic E-state index is 12.0. The summed E-state index contributed by atoms with van der Waals surface area (Å²) in [5, 5.41) is 20.6. The summed E-state index contributed by atoms with van der Waals surface area (Å²) in [5.41, 5.74) is 3.95.